The van der Waals surface area contributed by atoms with Gasteiger partial charge in [-0.05, 0) is 43.5 Å². The van der Waals surface area contributed by atoms with Gasteiger partial charge in [-0.25, -0.2) is 4.98 Å². The molecule has 9 nitrogen and oxygen atoms in total. The van der Waals surface area contributed by atoms with Crippen molar-refractivity contribution in [1.29, 1.82) is 0 Å². The van der Waals surface area contributed by atoms with Gasteiger partial charge in [-0.3, -0.25) is 14.4 Å². The molecule has 0 radical (unpaired) electrons. The number of rotatable bonds is 5. The summed E-state index contributed by atoms with van der Waals surface area (Å²) in [4.78, 5) is 45.4. The zero-order chi connectivity index (χ0) is 23.7. The largest absolute Gasteiger partial charge is 0.486 e. The van der Waals surface area contributed by atoms with E-state index >= 15 is 0 Å². The number of nitrogens with zero attached hydrogens (tertiary/aromatic N) is 4. The molecule has 1 N–H and O–H groups in total. The highest BCUT2D eigenvalue weighted by atomic mass is 16.5. The molecule has 1 aliphatic heterocycles. The number of pyridine rings is 1. The first-order valence-corrected chi connectivity index (χ1v) is 11.5. The lowest BCUT2D eigenvalue weighted by molar-refractivity contribution is -0.146. The van der Waals surface area contributed by atoms with Gasteiger partial charge in [-0.1, -0.05) is 18.2 Å². The highest BCUT2D eigenvalue weighted by molar-refractivity contribution is 6.35. The minimum Gasteiger partial charge on any atom is -0.486 e. The number of piperazine rings is 1. The molecular weight excluding hydrogens is 434 g/mol. The van der Waals surface area contributed by atoms with Gasteiger partial charge in [0.1, 0.15) is 18.0 Å². The number of carbonyl (C=O) groups is 3. The van der Waals surface area contributed by atoms with E-state index in [9.17, 15) is 14.4 Å². The fourth-order valence-electron chi connectivity index (χ4n) is 4.10. The highest BCUT2D eigenvalue weighted by Crippen LogP contribution is 2.23. The van der Waals surface area contributed by atoms with Crippen molar-refractivity contribution in [2.24, 2.45) is 0 Å². The lowest BCUT2D eigenvalue weighted by Crippen LogP contribution is -2.54. The summed E-state index contributed by atoms with van der Waals surface area (Å²) in [5.41, 5.74) is 3.19. The molecule has 176 valence electrons. The Balaban J connectivity index is 1.21. The van der Waals surface area contributed by atoms with Crippen LogP contribution < -0.4 is 10.1 Å². The van der Waals surface area contributed by atoms with Crippen molar-refractivity contribution >= 4 is 23.4 Å². The summed E-state index contributed by atoms with van der Waals surface area (Å²) < 4.78 is 7.95. The molecule has 3 heterocycles. The maximum atomic E-state index is 13.2. The molecule has 0 unspecified atom stereocenters. The van der Waals surface area contributed by atoms with Crippen molar-refractivity contribution in [2.75, 3.05) is 26.2 Å². The van der Waals surface area contributed by atoms with Crippen molar-refractivity contribution in [1.82, 2.24) is 24.5 Å². The van der Waals surface area contributed by atoms with Crippen molar-refractivity contribution in [3.8, 4) is 5.75 Å². The normalized spacial score (nSPS) is 15.9. The van der Waals surface area contributed by atoms with E-state index in [1.54, 1.807) is 23.1 Å². The zero-order valence-corrected chi connectivity index (χ0v) is 19.1. The summed E-state index contributed by atoms with van der Waals surface area (Å²) in [6.45, 7) is 3.62. The van der Waals surface area contributed by atoms with Crippen LogP contribution in [0.25, 0.3) is 5.65 Å². The SMILES string of the molecule is Cc1cccn2cc(COc3ccccc3C(=O)N3CCN(C(=O)C(=O)NC4CC4)CC3)nc12. The Kier molecular flexibility index (Phi) is 5.91. The first kappa shape index (κ1) is 21.9. The molecule has 1 saturated heterocycles. The second-order valence-corrected chi connectivity index (χ2v) is 8.77. The molecule has 5 rings (SSSR count). The smallest absolute Gasteiger partial charge is 0.312 e. The van der Waals surface area contributed by atoms with Crippen LogP contribution in [0.2, 0.25) is 0 Å². The Morgan fingerprint density at radius 2 is 1.76 bits per heavy atom. The average molecular weight is 462 g/mol. The molecule has 2 aromatic heterocycles. The van der Waals surface area contributed by atoms with E-state index in [-0.39, 0.29) is 18.6 Å². The Labute approximate surface area is 197 Å². The first-order valence-electron chi connectivity index (χ1n) is 11.5. The number of nitrogens with one attached hydrogen (secondary N) is 1. The summed E-state index contributed by atoms with van der Waals surface area (Å²) >= 11 is 0. The summed E-state index contributed by atoms with van der Waals surface area (Å²) in [7, 11) is 0. The van der Waals surface area contributed by atoms with Gasteiger partial charge in [-0.15, -0.1) is 0 Å². The number of carbonyl (C=O) groups excluding carboxylic acids is 3. The van der Waals surface area contributed by atoms with Crippen LogP contribution in [-0.2, 0) is 16.2 Å². The van der Waals surface area contributed by atoms with Crippen LogP contribution in [0.5, 0.6) is 5.75 Å². The van der Waals surface area contributed by atoms with Crippen molar-refractivity contribution < 1.29 is 19.1 Å². The van der Waals surface area contributed by atoms with Crippen LogP contribution in [0, 0.1) is 6.92 Å². The quantitative estimate of drug-likeness (QED) is 0.585. The zero-order valence-electron chi connectivity index (χ0n) is 19.1. The van der Waals surface area contributed by atoms with Gasteiger partial charge in [0.05, 0.1) is 11.3 Å². The van der Waals surface area contributed by atoms with E-state index in [1.165, 1.54) is 4.90 Å². The average Bonchev–Trinajstić information content (AvgIpc) is 3.57. The fourth-order valence-corrected chi connectivity index (χ4v) is 4.10. The second kappa shape index (κ2) is 9.17. The van der Waals surface area contributed by atoms with Crippen LogP contribution >= 0.6 is 0 Å². The van der Waals surface area contributed by atoms with Crippen LogP contribution in [0.4, 0.5) is 0 Å². The Bertz CT molecular complexity index is 1240. The monoisotopic (exact) mass is 461 g/mol. The minimum absolute atomic E-state index is 0.139. The minimum atomic E-state index is -0.553. The maximum absolute atomic E-state index is 13.2. The number of ether oxygens (including phenoxy) is 1. The lowest BCUT2D eigenvalue weighted by Gasteiger charge is -2.34. The third kappa shape index (κ3) is 4.59. The fraction of sp³-hybridized carbons (Fsp3) is 0.360. The molecule has 3 aromatic rings. The molecule has 9 heteroatoms. The molecule has 2 fully saturated rings. The number of aryl methyl sites for hydroxylation is 1. The lowest BCUT2D eigenvalue weighted by atomic mass is 10.1. The molecule has 34 heavy (non-hydrogen) atoms. The second-order valence-electron chi connectivity index (χ2n) is 8.77. The van der Waals surface area contributed by atoms with Crippen LogP contribution in [0.3, 0.4) is 0 Å². The molecule has 0 spiro atoms. The van der Waals surface area contributed by atoms with Crippen molar-refractivity contribution in [3.05, 3.63) is 65.6 Å². The van der Waals surface area contributed by atoms with E-state index in [1.807, 2.05) is 41.9 Å². The molecule has 1 aromatic carbocycles. The van der Waals surface area contributed by atoms with Gasteiger partial charge in [0.25, 0.3) is 5.91 Å². The maximum Gasteiger partial charge on any atom is 0.312 e. The number of para-hydroxylation sites is 1. The third-order valence-corrected chi connectivity index (χ3v) is 6.18. The summed E-state index contributed by atoms with van der Waals surface area (Å²) in [6, 6.07) is 11.3. The number of fused-ring (bicyclic) bond motifs is 1. The van der Waals surface area contributed by atoms with Crippen LogP contribution in [-0.4, -0.2) is 69.1 Å². The third-order valence-electron chi connectivity index (χ3n) is 6.18. The number of hydrogen-bond donors (Lipinski definition) is 1. The Morgan fingerprint density at radius 1 is 1.03 bits per heavy atom. The number of aromatic nitrogens is 2. The van der Waals surface area contributed by atoms with Crippen LogP contribution in [0.1, 0.15) is 34.5 Å². The van der Waals surface area contributed by atoms with Gasteiger partial charge >= 0.3 is 11.8 Å². The number of imidazole rings is 1. The van der Waals surface area contributed by atoms with Crippen LogP contribution in [0.15, 0.2) is 48.8 Å². The van der Waals surface area contributed by atoms with Gasteiger partial charge in [-0.2, -0.15) is 0 Å². The van der Waals surface area contributed by atoms with E-state index in [2.05, 4.69) is 10.3 Å². The van der Waals surface area contributed by atoms with Gasteiger partial charge < -0.3 is 24.3 Å². The molecule has 1 aliphatic carbocycles. The molecule has 1 saturated carbocycles. The number of benzene rings is 1. The summed E-state index contributed by atoms with van der Waals surface area (Å²) in [5, 5.41) is 2.72. The van der Waals surface area contributed by atoms with E-state index in [0.717, 1.165) is 29.7 Å². The Morgan fingerprint density at radius 3 is 2.50 bits per heavy atom. The summed E-state index contributed by atoms with van der Waals surface area (Å²) in [6.07, 6.45) is 5.72. The highest BCUT2D eigenvalue weighted by Gasteiger charge is 2.32. The molecule has 3 amide bonds. The predicted octanol–water partition coefficient (Wildman–Crippen LogP) is 1.78. The van der Waals surface area contributed by atoms with E-state index in [0.29, 0.717) is 37.5 Å². The van der Waals surface area contributed by atoms with E-state index in [4.69, 9.17) is 4.74 Å². The number of hydrogen-bond acceptors (Lipinski definition) is 5. The summed E-state index contributed by atoms with van der Waals surface area (Å²) in [5.74, 6) is -0.742. The topological polar surface area (TPSA) is 96.3 Å². The Hall–Kier alpha value is -3.88. The number of amides is 3. The molecule has 0 bridgehead atoms. The van der Waals surface area contributed by atoms with Crippen molar-refractivity contribution in [2.45, 2.75) is 32.4 Å². The van der Waals surface area contributed by atoms with Gasteiger partial charge in [0.15, 0.2) is 0 Å². The molecule has 0 atom stereocenters. The van der Waals surface area contributed by atoms with Gasteiger partial charge in [0.2, 0.25) is 0 Å². The predicted molar refractivity (Wildman–Crippen MR) is 124 cm³/mol. The molecular formula is C25H27N5O4. The molecule has 2 aliphatic rings. The first-order chi connectivity index (χ1) is 16.5. The van der Waals surface area contributed by atoms with E-state index < -0.39 is 11.8 Å². The standard InChI is InChI=1S/C25H27N5O4/c1-17-5-4-10-30-15-19(26-22(17)30)16-34-21-7-3-2-6-20(21)24(32)28-11-13-29(14-12-28)25(33)23(31)27-18-8-9-18/h2-7,10,15,18H,8-9,11-14,16H2,1H3,(H,27,31). The van der Waals surface area contributed by atoms with Crippen molar-refractivity contribution in [3.63, 3.8) is 0 Å². The van der Waals surface area contributed by atoms with Gasteiger partial charge in [0, 0.05) is 44.6 Å².